The highest BCUT2D eigenvalue weighted by atomic mass is 19.4. The second-order valence-electron chi connectivity index (χ2n) is 5.48. The van der Waals surface area contributed by atoms with Crippen LogP contribution >= 0.6 is 0 Å². The van der Waals surface area contributed by atoms with Crippen molar-refractivity contribution in [2.75, 3.05) is 5.32 Å². The van der Waals surface area contributed by atoms with Gasteiger partial charge in [-0.1, -0.05) is 0 Å². The number of hydrogen-bond donors (Lipinski definition) is 2. The fourth-order valence-corrected chi connectivity index (χ4v) is 2.13. The molecule has 0 unspecified atom stereocenters. The van der Waals surface area contributed by atoms with Crippen molar-refractivity contribution in [2.45, 2.75) is 18.5 Å². The van der Waals surface area contributed by atoms with E-state index >= 15 is 0 Å². The minimum absolute atomic E-state index is 0.161. The zero-order valence-corrected chi connectivity index (χ0v) is 13.2. The number of amides is 1. The Morgan fingerprint density at radius 1 is 0.714 bits per heavy atom. The van der Waals surface area contributed by atoms with Crippen molar-refractivity contribution in [3.8, 4) is 5.75 Å². The van der Waals surface area contributed by atoms with Gasteiger partial charge < -0.3 is 10.4 Å². The molecule has 0 aliphatic carbocycles. The van der Waals surface area contributed by atoms with Gasteiger partial charge in [0.25, 0.3) is 5.91 Å². The Balaban J connectivity index is 2.41. The molecule has 0 saturated carbocycles. The predicted molar refractivity (Wildman–Crippen MR) is 77.5 cm³/mol. The van der Waals surface area contributed by atoms with Gasteiger partial charge in [-0.15, -0.1) is 0 Å². The second-order valence-corrected chi connectivity index (χ2v) is 5.48. The van der Waals surface area contributed by atoms with Gasteiger partial charge in [-0.2, -0.15) is 39.5 Å². The van der Waals surface area contributed by atoms with Crippen LogP contribution in [0.4, 0.5) is 45.2 Å². The standard InChI is InChI=1S/C16H8F9NO2/c17-14(18,19)7-1-2-11(12(27)6-7)13(28)26-10-4-8(15(20,21)22)3-9(5-10)16(23,24)25/h1-6,27H,(H,26,28). The summed E-state index contributed by atoms with van der Waals surface area (Å²) in [5, 5.41) is 11.3. The number of nitrogens with one attached hydrogen (secondary N) is 1. The molecule has 3 nitrogen and oxygen atoms in total. The predicted octanol–water partition coefficient (Wildman–Crippen LogP) is 5.70. The molecule has 2 rings (SSSR count). The van der Waals surface area contributed by atoms with Crippen LogP contribution in [0.3, 0.4) is 0 Å². The number of rotatable bonds is 2. The first-order valence-corrected chi connectivity index (χ1v) is 7.10. The van der Waals surface area contributed by atoms with E-state index in [2.05, 4.69) is 0 Å². The smallest absolute Gasteiger partial charge is 0.416 e. The van der Waals surface area contributed by atoms with Crippen molar-refractivity contribution in [3.63, 3.8) is 0 Å². The highest BCUT2D eigenvalue weighted by molar-refractivity contribution is 6.06. The van der Waals surface area contributed by atoms with E-state index in [0.29, 0.717) is 12.1 Å². The highest BCUT2D eigenvalue weighted by Gasteiger charge is 2.37. The van der Waals surface area contributed by atoms with E-state index in [-0.39, 0.29) is 24.3 Å². The molecule has 0 heterocycles. The van der Waals surface area contributed by atoms with Crippen molar-refractivity contribution in [1.82, 2.24) is 0 Å². The Labute approximate surface area is 150 Å². The Morgan fingerprint density at radius 3 is 1.57 bits per heavy atom. The van der Waals surface area contributed by atoms with Gasteiger partial charge in [0, 0.05) is 5.69 Å². The molecule has 12 heteroatoms. The molecular formula is C16H8F9NO2. The van der Waals surface area contributed by atoms with Crippen LogP contribution in [0.15, 0.2) is 36.4 Å². The van der Waals surface area contributed by atoms with Crippen molar-refractivity contribution in [2.24, 2.45) is 0 Å². The van der Waals surface area contributed by atoms with E-state index in [1.165, 1.54) is 0 Å². The largest absolute Gasteiger partial charge is 0.507 e. The summed E-state index contributed by atoms with van der Waals surface area (Å²) in [7, 11) is 0. The van der Waals surface area contributed by atoms with Gasteiger partial charge in [-0.05, 0) is 36.4 Å². The first kappa shape index (κ1) is 21.4. The first-order valence-electron chi connectivity index (χ1n) is 7.10. The molecule has 0 bridgehead atoms. The number of carbonyl (C=O) groups excluding carboxylic acids is 1. The van der Waals surface area contributed by atoms with Crippen LogP contribution in [0.1, 0.15) is 27.0 Å². The second kappa shape index (κ2) is 6.91. The van der Waals surface area contributed by atoms with E-state index in [1.807, 2.05) is 0 Å². The molecule has 2 N–H and O–H groups in total. The van der Waals surface area contributed by atoms with E-state index < -0.39 is 58.1 Å². The molecule has 0 atom stereocenters. The highest BCUT2D eigenvalue weighted by Crippen LogP contribution is 2.38. The summed E-state index contributed by atoms with van der Waals surface area (Å²) in [6.45, 7) is 0. The topological polar surface area (TPSA) is 49.3 Å². The van der Waals surface area contributed by atoms with Crippen LogP contribution in [0.5, 0.6) is 5.75 Å². The number of phenolic OH excluding ortho intramolecular Hbond substituents is 1. The van der Waals surface area contributed by atoms with Gasteiger partial charge in [0.05, 0.1) is 22.3 Å². The Bertz CT molecular complexity index is 866. The average molecular weight is 417 g/mol. The molecule has 152 valence electrons. The zero-order chi connectivity index (χ0) is 21.5. The Kier molecular flexibility index (Phi) is 5.28. The maximum Gasteiger partial charge on any atom is 0.416 e. The summed E-state index contributed by atoms with van der Waals surface area (Å²) in [6.07, 6.45) is -15.1. The lowest BCUT2D eigenvalue weighted by Crippen LogP contribution is -2.16. The summed E-state index contributed by atoms with van der Waals surface area (Å²) in [6, 6.07) is 1.42. The number of alkyl halides is 9. The van der Waals surface area contributed by atoms with Crippen LogP contribution in [0.25, 0.3) is 0 Å². The summed E-state index contributed by atoms with van der Waals surface area (Å²) in [5.74, 6) is -2.56. The molecule has 1 amide bonds. The van der Waals surface area contributed by atoms with Gasteiger partial charge in [0.1, 0.15) is 5.75 Å². The molecule has 0 spiro atoms. The SMILES string of the molecule is O=C(Nc1cc(C(F)(F)F)cc(C(F)(F)F)c1)c1ccc(C(F)(F)F)cc1O. The normalized spacial score (nSPS) is 12.8. The van der Waals surface area contributed by atoms with Crippen LogP contribution in [0.2, 0.25) is 0 Å². The fraction of sp³-hybridized carbons (Fsp3) is 0.188. The van der Waals surface area contributed by atoms with Gasteiger partial charge >= 0.3 is 18.5 Å². The van der Waals surface area contributed by atoms with Gasteiger partial charge in [0.2, 0.25) is 0 Å². The number of hydrogen-bond acceptors (Lipinski definition) is 2. The maximum atomic E-state index is 12.8. The fourth-order valence-electron chi connectivity index (χ4n) is 2.13. The van der Waals surface area contributed by atoms with Crippen LogP contribution in [-0.2, 0) is 18.5 Å². The van der Waals surface area contributed by atoms with Crippen molar-refractivity contribution >= 4 is 11.6 Å². The lowest BCUT2D eigenvalue weighted by Gasteiger charge is -2.15. The van der Waals surface area contributed by atoms with Crippen molar-refractivity contribution < 1.29 is 49.4 Å². The number of carbonyl (C=O) groups is 1. The lowest BCUT2D eigenvalue weighted by atomic mass is 10.1. The molecule has 0 aliphatic rings. The number of phenols is 1. The molecule has 0 aromatic heterocycles. The Hall–Kier alpha value is -2.92. The van der Waals surface area contributed by atoms with E-state index in [0.717, 1.165) is 0 Å². The molecule has 2 aromatic carbocycles. The molecule has 2 aromatic rings. The van der Waals surface area contributed by atoms with E-state index in [4.69, 9.17) is 0 Å². The molecule has 0 radical (unpaired) electrons. The van der Waals surface area contributed by atoms with Gasteiger partial charge in [-0.3, -0.25) is 4.79 Å². The third-order valence-corrected chi connectivity index (χ3v) is 3.42. The minimum atomic E-state index is -5.16. The zero-order valence-electron chi connectivity index (χ0n) is 13.2. The monoisotopic (exact) mass is 417 g/mol. The summed E-state index contributed by atoms with van der Waals surface area (Å²) >= 11 is 0. The number of anilines is 1. The number of aromatic hydroxyl groups is 1. The van der Waals surface area contributed by atoms with E-state index in [1.54, 1.807) is 5.32 Å². The molecule has 28 heavy (non-hydrogen) atoms. The van der Waals surface area contributed by atoms with Crippen LogP contribution in [-0.4, -0.2) is 11.0 Å². The molecule has 0 aliphatic heterocycles. The van der Waals surface area contributed by atoms with Crippen LogP contribution in [0, 0.1) is 0 Å². The first-order chi connectivity index (χ1) is 12.6. The van der Waals surface area contributed by atoms with Crippen molar-refractivity contribution in [3.05, 3.63) is 58.7 Å². The average Bonchev–Trinajstić information content (AvgIpc) is 2.51. The molecule has 0 saturated heterocycles. The quantitative estimate of drug-likeness (QED) is 0.616. The summed E-state index contributed by atoms with van der Waals surface area (Å²) in [5.41, 5.74) is -6.39. The minimum Gasteiger partial charge on any atom is -0.507 e. The number of halogens is 9. The van der Waals surface area contributed by atoms with Gasteiger partial charge in [0.15, 0.2) is 0 Å². The third kappa shape index (κ3) is 4.87. The van der Waals surface area contributed by atoms with Crippen molar-refractivity contribution in [1.29, 1.82) is 0 Å². The molecular weight excluding hydrogens is 409 g/mol. The van der Waals surface area contributed by atoms with Crippen LogP contribution < -0.4 is 5.32 Å². The van der Waals surface area contributed by atoms with Gasteiger partial charge in [-0.25, -0.2) is 0 Å². The maximum absolute atomic E-state index is 12.8. The van der Waals surface area contributed by atoms with E-state index in [9.17, 15) is 49.4 Å². The molecule has 0 fully saturated rings. The summed E-state index contributed by atoms with van der Waals surface area (Å²) in [4.78, 5) is 12.0. The third-order valence-electron chi connectivity index (χ3n) is 3.42. The summed E-state index contributed by atoms with van der Waals surface area (Å²) < 4.78 is 114. The number of benzene rings is 2. The Morgan fingerprint density at radius 2 is 1.18 bits per heavy atom. The lowest BCUT2D eigenvalue weighted by molar-refractivity contribution is -0.143.